The van der Waals surface area contributed by atoms with Gasteiger partial charge in [-0.05, 0) is 30.2 Å². The van der Waals surface area contributed by atoms with Crippen LogP contribution in [0.25, 0.3) is 0 Å². The summed E-state index contributed by atoms with van der Waals surface area (Å²) in [6.45, 7) is 2.32. The van der Waals surface area contributed by atoms with Crippen LogP contribution in [-0.4, -0.2) is 6.04 Å². The van der Waals surface area contributed by atoms with E-state index in [-0.39, 0.29) is 0 Å². The highest BCUT2D eigenvalue weighted by Gasteiger charge is 2.28. The predicted molar refractivity (Wildman–Crippen MR) is 73.9 cm³/mol. The van der Waals surface area contributed by atoms with Crippen LogP contribution in [0.15, 0.2) is 30.3 Å². The van der Waals surface area contributed by atoms with Crippen LogP contribution in [0.2, 0.25) is 0 Å². The molecule has 3 atom stereocenters. The maximum Gasteiger partial charge on any atom is 0.0110 e. The highest BCUT2D eigenvalue weighted by Crippen LogP contribution is 2.34. The van der Waals surface area contributed by atoms with Crippen LogP contribution in [0.3, 0.4) is 0 Å². The largest absolute Gasteiger partial charge is 0.327 e. The summed E-state index contributed by atoms with van der Waals surface area (Å²) >= 11 is 0. The lowest BCUT2D eigenvalue weighted by Gasteiger charge is -2.35. The molecule has 3 unspecified atom stereocenters. The smallest absolute Gasteiger partial charge is 0.0110 e. The van der Waals surface area contributed by atoms with Gasteiger partial charge >= 0.3 is 0 Å². The van der Waals surface area contributed by atoms with Crippen molar-refractivity contribution < 1.29 is 0 Å². The van der Waals surface area contributed by atoms with Crippen LogP contribution in [0.1, 0.15) is 44.6 Å². The maximum absolute atomic E-state index is 6.45. The summed E-state index contributed by atoms with van der Waals surface area (Å²) in [5.41, 5.74) is 7.84. The summed E-state index contributed by atoms with van der Waals surface area (Å²) in [7, 11) is 0. The average molecular weight is 231 g/mol. The van der Waals surface area contributed by atoms with Gasteiger partial charge in [0, 0.05) is 6.04 Å². The molecule has 1 fully saturated rings. The molecule has 1 aliphatic rings. The molecule has 1 aromatic rings. The molecule has 0 radical (unpaired) electrons. The molecular formula is C16H25N. The standard InChI is InChI=1S/C16H25N/c1-2-14-10-6-7-11-15(14)16(17)12-13-8-4-3-5-9-13/h3-5,8-9,14-16H,2,6-7,10-12,17H2,1H3. The molecule has 17 heavy (non-hydrogen) atoms. The lowest BCUT2D eigenvalue weighted by molar-refractivity contribution is 0.195. The number of hydrogen-bond acceptors (Lipinski definition) is 1. The Morgan fingerprint density at radius 2 is 1.88 bits per heavy atom. The van der Waals surface area contributed by atoms with Gasteiger partial charge in [-0.25, -0.2) is 0 Å². The van der Waals surface area contributed by atoms with Crippen LogP contribution < -0.4 is 5.73 Å². The van der Waals surface area contributed by atoms with Crippen LogP contribution in [-0.2, 0) is 6.42 Å². The molecule has 1 nitrogen and oxygen atoms in total. The monoisotopic (exact) mass is 231 g/mol. The number of hydrogen-bond donors (Lipinski definition) is 1. The summed E-state index contributed by atoms with van der Waals surface area (Å²) < 4.78 is 0. The van der Waals surface area contributed by atoms with E-state index in [9.17, 15) is 0 Å². The Hall–Kier alpha value is -0.820. The van der Waals surface area contributed by atoms with Crippen molar-refractivity contribution in [3.05, 3.63) is 35.9 Å². The van der Waals surface area contributed by atoms with E-state index in [1.165, 1.54) is 37.7 Å². The fourth-order valence-electron chi connectivity index (χ4n) is 3.34. The van der Waals surface area contributed by atoms with Crippen molar-refractivity contribution in [1.82, 2.24) is 0 Å². The van der Waals surface area contributed by atoms with E-state index >= 15 is 0 Å². The molecule has 0 spiro atoms. The van der Waals surface area contributed by atoms with Crippen molar-refractivity contribution in [3.8, 4) is 0 Å². The van der Waals surface area contributed by atoms with Crippen molar-refractivity contribution in [2.24, 2.45) is 17.6 Å². The average Bonchev–Trinajstić information content (AvgIpc) is 2.40. The van der Waals surface area contributed by atoms with Crippen LogP contribution >= 0.6 is 0 Å². The molecule has 1 aliphatic carbocycles. The zero-order valence-electron chi connectivity index (χ0n) is 10.9. The Balaban J connectivity index is 1.96. The summed E-state index contributed by atoms with van der Waals surface area (Å²) in [6.07, 6.45) is 7.86. The van der Waals surface area contributed by atoms with Crippen molar-refractivity contribution in [1.29, 1.82) is 0 Å². The normalized spacial score (nSPS) is 26.7. The summed E-state index contributed by atoms with van der Waals surface area (Å²) in [5, 5.41) is 0. The van der Waals surface area contributed by atoms with E-state index in [4.69, 9.17) is 5.73 Å². The molecule has 1 heteroatoms. The Labute approximate surface area is 105 Å². The quantitative estimate of drug-likeness (QED) is 0.838. The first kappa shape index (κ1) is 12.6. The van der Waals surface area contributed by atoms with E-state index in [0.29, 0.717) is 6.04 Å². The Morgan fingerprint density at radius 3 is 2.59 bits per heavy atom. The minimum atomic E-state index is 0.350. The van der Waals surface area contributed by atoms with Crippen molar-refractivity contribution in [2.75, 3.05) is 0 Å². The third-order valence-corrected chi connectivity index (χ3v) is 4.36. The first-order valence-corrected chi connectivity index (χ1v) is 7.10. The topological polar surface area (TPSA) is 26.0 Å². The Morgan fingerprint density at radius 1 is 1.18 bits per heavy atom. The molecular weight excluding hydrogens is 206 g/mol. The van der Waals surface area contributed by atoms with Crippen molar-refractivity contribution in [2.45, 2.75) is 51.5 Å². The summed E-state index contributed by atoms with van der Waals surface area (Å²) in [4.78, 5) is 0. The SMILES string of the molecule is CCC1CCCCC1C(N)Cc1ccccc1. The summed E-state index contributed by atoms with van der Waals surface area (Å²) in [6, 6.07) is 11.0. The fraction of sp³-hybridized carbons (Fsp3) is 0.625. The number of rotatable bonds is 4. The van der Waals surface area contributed by atoms with Gasteiger partial charge in [0.25, 0.3) is 0 Å². The van der Waals surface area contributed by atoms with E-state index in [1.54, 1.807) is 0 Å². The molecule has 2 rings (SSSR count). The molecule has 1 saturated carbocycles. The van der Waals surface area contributed by atoms with E-state index in [2.05, 4.69) is 37.3 Å². The number of nitrogens with two attached hydrogens (primary N) is 1. The van der Waals surface area contributed by atoms with Gasteiger partial charge in [-0.2, -0.15) is 0 Å². The third kappa shape index (κ3) is 3.32. The van der Waals surface area contributed by atoms with E-state index in [0.717, 1.165) is 18.3 Å². The van der Waals surface area contributed by atoms with Gasteiger partial charge in [-0.1, -0.05) is 62.9 Å². The second-order valence-corrected chi connectivity index (χ2v) is 5.47. The van der Waals surface area contributed by atoms with Gasteiger partial charge in [0.15, 0.2) is 0 Å². The third-order valence-electron chi connectivity index (χ3n) is 4.36. The van der Waals surface area contributed by atoms with Crippen LogP contribution in [0, 0.1) is 11.8 Å². The molecule has 2 N–H and O–H groups in total. The van der Waals surface area contributed by atoms with Gasteiger partial charge in [-0.3, -0.25) is 0 Å². The minimum Gasteiger partial charge on any atom is -0.327 e. The van der Waals surface area contributed by atoms with Crippen LogP contribution in [0.4, 0.5) is 0 Å². The molecule has 0 aliphatic heterocycles. The molecule has 0 aromatic heterocycles. The molecule has 1 aromatic carbocycles. The zero-order chi connectivity index (χ0) is 12.1. The van der Waals surface area contributed by atoms with Crippen molar-refractivity contribution >= 4 is 0 Å². The minimum absolute atomic E-state index is 0.350. The Bertz CT molecular complexity index is 320. The van der Waals surface area contributed by atoms with Gasteiger partial charge < -0.3 is 5.73 Å². The lowest BCUT2D eigenvalue weighted by atomic mass is 9.73. The lowest BCUT2D eigenvalue weighted by Crippen LogP contribution is -2.38. The van der Waals surface area contributed by atoms with Crippen molar-refractivity contribution in [3.63, 3.8) is 0 Å². The predicted octanol–water partition coefficient (Wildman–Crippen LogP) is 3.77. The first-order chi connectivity index (χ1) is 8.31. The number of benzene rings is 1. The zero-order valence-corrected chi connectivity index (χ0v) is 10.9. The second kappa shape index (κ2) is 6.20. The van der Waals surface area contributed by atoms with Gasteiger partial charge in [0.2, 0.25) is 0 Å². The molecule has 94 valence electrons. The second-order valence-electron chi connectivity index (χ2n) is 5.47. The highest BCUT2D eigenvalue weighted by molar-refractivity contribution is 5.16. The van der Waals surface area contributed by atoms with Gasteiger partial charge in [0.1, 0.15) is 0 Å². The fourth-order valence-corrected chi connectivity index (χ4v) is 3.34. The maximum atomic E-state index is 6.45. The first-order valence-electron chi connectivity index (χ1n) is 7.10. The molecule has 0 heterocycles. The molecule has 0 bridgehead atoms. The summed E-state index contributed by atoms with van der Waals surface area (Å²) in [5.74, 6) is 1.61. The Kier molecular flexibility index (Phi) is 4.61. The molecule has 0 amide bonds. The molecule has 0 saturated heterocycles. The van der Waals surface area contributed by atoms with E-state index in [1.807, 2.05) is 0 Å². The van der Waals surface area contributed by atoms with Gasteiger partial charge in [-0.15, -0.1) is 0 Å². The van der Waals surface area contributed by atoms with Gasteiger partial charge in [0.05, 0.1) is 0 Å². The van der Waals surface area contributed by atoms with E-state index < -0.39 is 0 Å². The van der Waals surface area contributed by atoms with Crippen LogP contribution in [0.5, 0.6) is 0 Å². The highest BCUT2D eigenvalue weighted by atomic mass is 14.7.